The molecule has 5 fully saturated rings. The van der Waals surface area contributed by atoms with Gasteiger partial charge in [-0.05, 0) is 73.8 Å². The Balaban J connectivity index is 1.33. The minimum absolute atomic E-state index is 0.173. The van der Waals surface area contributed by atoms with Crippen LogP contribution < -0.4 is 0 Å². The summed E-state index contributed by atoms with van der Waals surface area (Å²) in [5.41, 5.74) is 1.93. The van der Waals surface area contributed by atoms with E-state index < -0.39 is 5.67 Å². The third-order valence-electron chi connectivity index (χ3n) is 8.17. The molecule has 7 atom stereocenters. The summed E-state index contributed by atoms with van der Waals surface area (Å²) in [5.74, 6) is 2.33. The maximum absolute atomic E-state index is 15.0. The number of amides is 1. The predicted octanol–water partition coefficient (Wildman–Crippen LogP) is 4.09. The zero-order valence-electron chi connectivity index (χ0n) is 14.7. The molecule has 5 unspecified atom stereocenters. The molecule has 0 spiro atoms. The number of nitrogens with zero attached hydrogens (tertiary/aromatic N) is 1. The molecule has 6 aliphatic rings. The highest BCUT2D eigenvalue weighted by molar-refractivity contribution is 5.83. The molecule has 4 bridgehead atoms. The van der Waals surface area contributed by atoms with Crippen molar-refractivity contribution in [2.24, 2.45) is 23.7 Å². The monoisotopic (exact) mass is 339 g/mol. The topological polar surface area (TPSA) is 20.3 Å². The maximum Gasteiger partial charge on any atom is 0.226 e. The van der Waals surface area contributed by atoms with Gasteiger partial charge >= 0.3 is 0 Å². The average molecular weight is 339 g/mol. The first-order chi connectivity index (χ1) is 12.1. The summed E-state index contributed by atoms with van der Waals surface area (Å²) in [6.45, 7) is 0.877. The van der Waals surface area contributed by atoms with Gasteiger partial charge in [0, 0.05) is 24.4 Å². The second kappa shape index (κ2) is 4.86. The van der Waals surface area contributed by atoms with E-state index >= 15 is 4.39 Å². The standard InChI is InChI=1S/C22H26FNO/c23-22-9-13-7-15(10-22)20(16(8-13)11-22)24-12-19-17-4-2-1-3-14(17)5-6-18(19)21(24)25/h1-4,13,15-16,18-20H,5-12H2/t13?,15-,16+,18?,19?,20?,22?. The van der Waals surface area contributed by atoms with Crippen molar-refractivity contribution in [2.75, 3.05) is 6.54 Å². The van der Waals surface area contributed by atoms with Crippen molar-refractivity contribution in [3.8, 4) is 0 Å². The quantitative estimate of drug-likeness (QED) is 0.754. The summed E-state index contributed by atoms with van der Waals surface area (Å²) in [6, 6.07) is 9.02. The summed E-state index contributed by atoms with van der Waals surface area (Å²) in [7, 11) is 0. The number of aryl methyl sites for hydroxylation is 1. The number of halogens is 1. The molecule has 7 rings (SSSR count). The highest BCUT2D eigenvalue weighted by Crippen LogP contribution is 2.59. The fraction of sp³-hybridized carbons (Fsp3) is 0.682. The first-order valence-electron chi connectivity index (χ1n) is 10.2. The zero-order valence-corrected chi connectivity index (χ0v) is 14.7. The second-order valence-electron chi connectivity index (χ2n) is 9.55. The van der Waals surface area contributed by atoms with Gasteiger partial charge in [0.25, 0.3) is 0 Å². The Morgan fingerprint density at radius 2 is 1.80 bits per heavy atom. The second-order valence-corrected chi connectivity index (χ2v) is 9.55. The molecule has 5 aliphatic carbocycles. The van der Waals surface area contributed by atoms with Gasteiger partial charge in [-0.25, -0.2) is 4.39 Å². The summed E-state index contributed by atoms with van der Waals surface area (Å²) in [4.78, 5) is 15.5. The molecule has 2 nitrogen and oxygen atoms in total. The first kappa shape index (κ1) is 14.8. The molecule has 1 aliphatic heterocycles. The van der Waals surface area contributed by atoms with Crippen molar-refractivity contribution in [1.29, 1.82) is 0 Å². The Morgan fingerprint density at radius 3 is 2.56 bits per heavy atom. The Labute approximate surface area is 148 Å². The van der Waals surface area contributed by atoms with Crippen molar-refractivity contribution in [1.82, 2.24) is 4.90 Å². The van der Waals surface area contributed by atoms with Crippen LogP contribution in [0.25, 0.3) is 0 Å². The van der Waals surface area contributed by atoms with Crippen LogP contribution in [0.2, 0.25) is 0 Å². The number of alkyl halides is 1. The van der Waals surface area contributed by atoms with Gasteiger partial charge in [-0.3, -0.25) is 4.79 Å². The lowest BCUT2D eigenvalue weighted by molar-refractivity contribution is -0.151. The van der Waals surface area contributed by atoms with Crippen molar-refractivity contribution in [3.05, 3.63) is 35.4 Å². The summed E-state index contributed by atoms with van der Waals surface area (Å²) < 4.78 is 15.0. The third-order valence-corrected chi connectivity index (χ3v) is 8.17. The largest absolute Gasteiger partial charge is 0.338 e. The molecule has 1 aromatic rings. The van der Waals surface area contributed by atoms with Crippen LogP contribution in [0.1, 0.15) is 55.6 Å². The molecule has 1 amide bonds. The minimum atomic E-state index is -0.908. The van der Waals surface area contributed by atoms with E-state index in [9.17, 15) is 4.79 Å². The van der Waals surface area contributed by atoms with Gasteiger partial charge in [0.15, 0.2) is 0 Å². The number of hydrogen-bond donors (Lipinski definition) is 0. The van der Waals surface area contributed by atoms with Crippen LogP contribution >= 0.6 is 0 Å². The van der Waals surface area contributed by atoms with Crippen LogP contribution in [0.3, 0.4) is 0 Å². The summed E-state index contributed by atoms with van der Waals surface area (Å²) in [5, 5.41) is 0. The van der Waals surface area contributed by atoms with Crippen LogP contribution in [0.15, 0.2) is 24.3 Å². The Kier molecular flexibility index (Phi) is 2.87. The number of hydrogen-bond acceptors (Lipinski definition) is 1. The van der Waals surface area contributed by atoms with Crippen molar-refractivity contribution < 1.29 is 9.18 Å². The fourth-order valence-electron chi connectivity index (χ4n) is 7.56. The van der Waals surface area contributed by atoms with E-state index in [1.165, 1.54) is 11.1 Å². The molecular weight excluding hydrogens is 313 g/mol. The Bertz CT molecular complexity index is 729. The highest BCUT2D eigenvalue weighted by atomic mass is 19.1. The molecule has 0 aromatic heterocycles. The first-order valence-corrected chi connectivity index (χ1v) is 10.2. The minimum Gasteiger partial charge on any atom is -0.338 e. The van der Waals surface area contributed by atoms with E-state index in [4.69, 9.17) is 0 Å². The molecule has 1 aromatic carbocycles. The molecule has 0 radical (unpaired) electrons. The van der Waals surface area contributed by atoms with Gasteiger partial charge in [-0.1, -0.05) is 24.3 Å². The van der Waals surface area contributed by atoms with Crippen LogP contribution in [0, 0.1) is 23.7 Å². The average Bonchev–Trinajstić information content (AvgIpc) is 2.90. The Hall–Kier alpha value is -1.38. The van der Waals surface area contributed by atoms with E-state index in [1.807, 2.05) is 0 Å². The number of fused-ring (bicyclic) bond motifs is 3. The molecule has 0 N–H and O–H groups in total. The predicted molar refractivity (Wildman–Crippen MR) is 93.9 cm³/mol. The lowest BCUT2D eigenvalue weighted by atomic mass is 9.52. The number of benzene rings is 1. The molecule has 4 saturated carbocycles. The number of likely N-dealkylation sites (tertiary alicyclic amines) is 1. The number of rotatable bonds is 1. The van der Waals surface area contributed by atoms with E-state index in [1.54, 1.807) is 0 Å². The lowest BCUT2D eigenvalue weighted by Gasteiger charge is -2.58. The van der Waals surface area contributed by atoms with Crippen LogP contribution in [0.4, 0.5) is 4.39 Å². The summed E-state index contributed by atoms with van der Waals surface area (Å²) >= 11 is 0. The van der Waals surface area contributed by atoms with E-state index in [0.717, 1.165) is 38.6 Å². The van der Waals surface area contributed by atoms with Gasteiger partial charge in [0.1, 0.15) is 5.67 Å². The van der Waals surface area contributed by atoms with Crippen LogP contribution in [-0.4, -0.2) is 29.1 Å². The van der Waals surface area contributed by atoms with Crippen molar-refractivity contribution >= 4 is 5.91 Å². The SMILES string of the molecule is O=C1C2CCc3ccccc3C2CN1C1[C@@H]2CC3C[C@H]1CC(F)(C3)C2. The normalized spacial score (nSPS) is 47.1. The van der Waals surface area contributed by atoms with Crippen molar-refractivity contribution in [3.63, 3.8) is 0 Å². The Morgan fingerprint density at radius 1 is 1.04 bits per heavy atom. The number of carbonyl (C=O) groups excluding carboxylic acids is 1. The molecular formula is C22H26FNO. The molecule has 1 saturated heterocycles. The van der Waals surface area contributed by atoms with Crippen LogP contribution in [0.5, 0.6) is 0 Å². The van der Waals surface area contributed by atoms with Gasteiger partial charge in [-0.15, -0.1) is 0 Å². The van der Waals surface area contributed by atoms with Crippen molar-refractivity contribution in [2.45, 2.75) is 62.6 Å². The molecule has 1 heterocycles. The van der Waals surface area contributed by atoms with E-state index in [2.05, 4.69) is 29.2 Å². The molecule has 25 heavy (non-hydrogen) atoms. The lowest BCUT2D eigenvalue weighted by Crippen LogP contribution is -2.60. The third kappa shape index (κ3) is 1.98. The maximum atomic E-state index is 15.0. The van der Waals surface area contributed by atoms with Crippen LogP contribution in [-0.2, 0) is 11.2 Å². The summed E-state index contributed by atoms with van der Waals surface area (Å²) in [6.07, 6.45) is 6.55. The van der Waals surface area contributed by atoms with Gasteiger partial charge in [0.2, 0.25) is 5.91 Å². The van der Waals surface area contributed by atoms with Gasteiger partial charge in [0.05, 0.1) is 0 Å². The van der Waals surface area contributed by atoms with Gasteiger partial charge in [-0.2, -0.15) is 0 Å². The molecule has 132 valence electrons. The van der Waals surface area contributed by atoms with Gasteiger partial charge < -0.3 is 4.90 Å². The zero-order chi connectivity index (χ0) is 16.8. The molecule has 3 heteroatoms. The highest BCUT2D eigenvalue weighted by Gasteiger charge is 2.59. The smallest absolute Gasteiger partial charge is 0.226 e. The number of carbonyl (C=O) groups is 1. The van der Waals surface area contributed by atoms with E-state index in [-0.39, 0.29) is 5.92 Å². The fourth-order valence-corrected chi connectivity index (χ4v) is 7.56. The van der Waals surface area contributed by atoms with E-state index in [0.29, 0.717) is 48.5 Å².